The Labute approximate surface area is 96.8 Å². The van der Waals surface area contributed by atoms with E-state index < -0.39 is 0 Å². The maximum atomic E-state index is 5.72. The van der Waals surface area contributed by atoms with Crippen LogP contribution in [0.2, 0.25) is 0 Å². The summed E-state index contributed by atoms with van der Waals surface area (Å²) in [5.41, 5.74) is 5.72. The fraction of sp³-hybridized carbons (Fsp3) is 0.889. The number of nitrogens with two attached hydrogens (primary N) is 1. The smallest absolute Gasteiger partial charge is 0.191 e. The maximum absolute atomic E-state index is 5.72. The third-order valence-corrected chi connectivity index (χ3v) is 2.79. The fourth-order valence-electron chi connectivity index (χ4n) is 1.67. The molecular weight excluding hydrogens is 277 g/mol. The molecule has 0 aliphatic heterocycles. The molecule has 76 valence electrons. The fourth-order valence-corrected chi connectivity index (χ4v) is 1.67. The van der Waals surface area contributed by atoms with Gasteiger partial charge in [-0.25, -0.2) is 4.99 Å². The molecule has 2 unspecified atom stereocenters. The quantitative estimate of drug-likeness (QED) is 0.474. The van der Waals surface area contributed by atoms with Crippen LogP contribution in [0.25, 0.3) is 0 Å². The summed E-state index contributed by atoms with van der Waals surface area (Å²) >= 11 is 0. The molecule has 3 nitrogen and oxygen atoms in total. The van der Waals surface area contributed by atoms with E-state index in [2.05, 4.69) is 4.99 Å². The Balaban J connectivity index is 0.000000845. The number of hydrogen-bond acceptors (Lipinski definition) is 1. The van der Waals surface area contributed by atoms with E-state index in [1.165, 1.54) is 19.3 Å². The number of rotatable bonds is 2. The van der Waals surface area contributed by atoms with Gasteiger partial charge in [-0.3, -0.25) is 0 Å². The normalized spacial score (nSPS) is 32.3. The molecule has 2 N–H and O–H groups in total. The summed E-state index contributed by atoms with van der Waals surface area (Å²) in [6, 6.07) is 0.555. The second-order valence-electron chi connectivity index (χ2n) is 4.19. The lowest BCUT2D eigenvalue weighted by atomic mass is 10.3. The number of hydrogen-bond donors (Lipinski definition) is 1. The van der Waals surface area contributed by atoms with Crippen LogP contribution in [0, 0.1) is 11.8 Å². The summed E-state index contributed by atoms with van der Waals surface area (Å²) in [5, 5.41) is 0. The van der Waals surface area contributed by atoms with Crippen molar-refractivity contribution in [3.05, 3.63) is 0 Å². The van der Waals surface area contributed by atoms with Crippen LogP contribution < -0.4 is 5.73 Å². The Kier molecular flexibility index (Phi) is 3.43. The monoisotopic (exact) mass is 295 g/mol. The Morgan fingerprint density at radius 2 is 2.00 bits per heavy atom. The first kappa shape index (κ1) is 11.1. The highest BCUT2D eigenvalue weighted by atomic mass is 127. The van der Waals surface area contributed by atoms with Crippen molar-refractivity contribution in [2.75, 3.05) is 14.1 Å². The number of guanidine groups is 1. The molecule has 0 radical (unpaired) electrons. The average molecular weight is 295 g/mol. The Bertz CT molecular complexity index is 211. The van der Waals surface area contributed by atoms with E-state index in [1.54, 1.807) is 0 Å². The minimum absolute atomic E-state index is 0. The molecule has 0 aromatic rings. The molecule has 4 heteroatoms. The largest absolute Gasteiger partial charge is 0.370 e. The highest BCUT2D eigenvalue weighted by Crippen LogP contribution is 2.51. The summed E-state index contributed by atoms with van der Waals surface area (Å²) in [4.78, 5) is 6.33. The van der Waals surface area contributed by atoms with Crippen LogP contribution >= 0.6 is 24.0 Å². The number of aliphatic imine (C=N–C) groups is 1. The molecule has 2 rings (SSSR count). The van der Waals surface area contributed by atoms with E-state index in [9.17, 15) is 0 Å². The van der Waals surface area contributed by atoms with Crippen molar-refractivity contribution in [2.24, 2.45) is 22.6 Å². The third-order valence-electron chi connectivity index (χ3n) is 2.79. The highest BCUT2D eigenvalue weighted by Gasteiger charge is 2.47. The lowest BCUT2D eigenvalue weighted by Crippen LogP contribution is -2.30. The van der Waals surface area contributed by atoms with Crippen LogP contribution in [0.4, 0.5) is 0 Å². The highest BCUT2D eigenvalue weighted by molar-refractivity contribution is 14.0. The molecule has 2 saturated carbocycles. The van der Waals surface area contributed by atoms with Gasteiger partial charge >= 0.3 is 0 Å². The van der Waals surface area contributed by atoms with Gasteiger partial charge in [-0.05, 0) is 31.1 Å². The van der Waals surface area contributed by atoms with Gasteiger partial charge in [-0.1, -0.05) is 0 Å². The second-order valence-corrected chi connectivity index (χ2v) is 4.19. The van der Waals surface area contributed by atoms with E-state index in [0.29, 0.717) is 12.0 Å². The first-order valence-corrected chi connectivity index (χ1v) is 4.69. The predicted molar refractivity (Wildman–Crippen MR) is 65.3 cm³/mol. The van der Waals surface area contributed by atoms with Gasteiger partial charge in [-0.2, -0.15) is 0 Å². The third kappa shape index (κ3) is 2.72. The Hall–Kier alpha value is 0. The van der Waals surface area contributed by atoms with Gasteiger partial charge in [0.25, 0.3) is 0 Å². The van der Waals surface area contributed by atoms with E-state index in [-0.39, 0.29) is 24.0 Å². The topological polar surface area (TPSA) is 41.6 Å². The zero-order valence-corrected chi connectivity index (χ0v) is 10.6. The second kappa shape index (κ2) is 4.02. The van der Waals surface area contributed by atoms with Crippen LogP contribution in [0.3, 0.4) is 0 Å². The first-order chi connectivity index (χ1) is 5.68. The maximum Gasteiger partial charge on any atom is 0.191 e. The van der Waals surface area contributed by atoms with Crippen molar-refractivity contribution in [1.82, 2.24) is 4.90 Å². The SMILES string of the molecule is CN(C)C(N)=NC1CC1C1CC1.I. The lowest BCUT2D eigenvalue weighted by molar-refractivity contribution is 0.602. The first-order valence-electron chi connectivity index (χ1n) is 4.69. The van der Waals surface area contributed by atoms with Crippen LogP contribution in [0.15, 0.2) is 4.99 Å². The predicted octanol–water partition coefficient (Wildman–Crippen LogP) is 1.28. The molecular formula is C9H18IN3. The van der Waals surface area contributed by atoms with E-state index in [0.717, 1.165) is 11.8 Å². The summed E-state index contributed by atoms with van der Waals surface area (Å²) in [7, 11) is 3.88. The van der Waals surface area contributed by atoms with Crippen molar-refractivity contribution in [2.45, 2.75) is 25.3 Å². The molecule has 0 aromatic carbocycles. The molecule has 0 amide bonds. The van der Waals surface area contributed by atoms with Gasteiger partial charge in [0.1, 0.15) is 0 Å². The van der Waals surface area contributed by atoms with Gasteiger partial charge in [0.05, 0.1) is 6.04 Å². The van der Waals surface area contributed by atoms with Crippen molar-refractivity contribution >= 4 is 29.9 Å². The van der Waals surface area contributed by atoms with Gasteiger partial charge in [0.2, 0.25) is 0 Å². The zero-order valence-electron chi connectivity index (χ0n) is 8.23. The molecule has 0 bridgehead atoms. The molecule has 2 aliphatic carbocycles. The summed E-state index contributed by atoms with van der Waals surface area (Å²) in [6.07, 6.45) is 4.14. The average Bonchev–Trinajstić information content (AvgIpc) is 2.79. The summed E-state index contributed by atoms with van der Waals surface area (Å²) < 4.78 is 0. The Morgan fingerprint density at radius 1 is 1.38 bits per heavy atom. The van der Waals surface area contributed by atoms with E-state index in [1.807, 2.05) is 19.0 Å². The van der Waals surface area contributed by atoms with E-state index >= 15 is 0 Å². The molecule has 0 aromatic heterocycles. The number of halogens is 1. The molecule has 0 saturated heterocycles. The van der Waals surface area contributed by atoms with Gasteiger partial charge in [-0.15, -0.1) is 24.0 Å². The minimum atomic E-state index is 0. The van der Waals surface area contributed by atoms with Crippen LogP contribution in [0.5, 0.6) is 0 Å². The Morgan fingerprint density at radius 3 is 2.46 bits per heavy atom. The molecule has 2 fully saturated rings. The molecule has 0 spiro atoms. The van der Waals surface area contributed by atoms with Gasteiger partial charge in [0, 0.05) is 14.1 Å². The van der Waals surface area contributed by atoms with Crippen molar-refractivity contribution < 1.29 is 0 Å². The standard InChI is InChI=1S/C9H17N3.HI/c1-12(2)9(10)11-8-5-7(8)6-3-4-6;/h6-8H,3-5H2,1-2H3,(H2,10,11);1H. The molecule has 2 atom stereocenters. The minimum Gasteiger partial charge on any atom is -0.370 e. The van der Waals surface area contributed by atoms with Crippen molar-refractivity contribution in [3.63, 3.8) is 0 Å². The molecule has 13 heavy (non-hydrogen) atoms. The van der Waals surface area contributed by atoms with Crippen LogP contribution in [-0.4, -0.2) is 31.0 Å². The summed E-state index contributed by atoms with van der Waals surface area (Å²) in [5.74, 6) is 2.56. The van der Waals surface area contributed by atoms with E-state index in [4.69, 9.17) is 5.73 Å². The number of nitrogens with zero attached hydrogens (tertiary/aromatic N) is 2. The van der Waals surface area contributed by atoms with Crippen molar-refractivity contribution in [1.29, 1.82) is 0 Å². The molecule has 0 heterocycles. The van der Waals surface area contributed by atoms with Crippen LogP contribution in [-0.2, 0) is 0 Å². The van der Waals surface area contributed by atoms with Gasteiger partial charge < -0.3 is 10.6 Å². The molecule has 2 aliphatic rings. The lowest BCUT2D eigenvalue weighted by Gasteiger charge is -2.09. The zero-order chi connectivity index (χ0) is 8.72. The van der Waals surface area contributed by atoms with Gasteiger partial charge in [0.15, 0.2) is 5.96 Å². The van der Waals surface area contributed by atoms with Crippen LogP contribution in [0.1, 0.15) is 19.3 Å². The summed E-state index contributed by atoms with van der Waals surface area (Å²) in [6.45, 7) is 0. The van der Waals surface area contributed by atoms with Crippen molar-refractivity contribution in [3.8, 4) is 0 Å².